The zero-order valence-corrected chi connectivity index (χ0v) is 20.5. The Kier molecular flexibility index (Phi) is 5.30. The molecule has 3 aliphatic rings. The van der Waals surface area contributed by atoms with Gasteiger partial charge in [-0.25, -0.2) is 22.5 Å². The molecule has 3 aromatic rings. The zero-order chi connectivity index (χ0) is 24.2. The fraction of sp³-hybridized carbons (Fsp3) is 0.385. The van der Waals surface area contributed by atoms with Crippen LogP contribution in [0.15, 0.2) is 59.3 Å². The van der Waals surface area contributed by atoms with Gasteiger partial charge in [-0.15, -0.1) is 0 Å². The van der Waals surface area contributed by atoms with E-state index in [0.717, 1.165) is 55.1 Å². The number of pyridine rings is 1. The van der Waals surface area contributed by atoms with Crippen LogP contribution in [0, 0.1) is 11.2 Å². The fourth-order valence-electron chi connectivity index (χ4n) is 5.50. The SMILES string of the molecule is CC[C@]12Cc3cnn(-c4ccc(F)cc4)c3C=C1CCN(S(=O)(=O)c1ccc(N3CCC3)nc1)C2. The van der Waals surface area contributed by atoms with Crippen LogP contribution in [0.3, 0.4) is 0 Å². The molecule has 0 N–H and O–H groups in total. The first-order valence-electron chi connectivity index (χ1n) is 12.1. The summed E-state index contributed by atoms with van der Waals surface area (Å²) in [7, 11) is -3.64. The molecule has 6 rings (SSSR count). The molecule has 0 bridgehead atoms. The number of piperidine rings is 1. The van der Waals surface area contributed by atoms with E-state index in [1.54, 1.807) is 22.5 Å². The molecular formula is C26H28FN5O2S. The quantitative estimate of drug-likeness (QED) is 0.536. The van der Waals surface area contributed by atoms with Crippen molar-refractivity contribution in [3.8, 4) is 5.69 Å². The molecule has 35 heavy (non-hydrogen) atoms. The van der Waals surface area contributed by atoms with Crippen molar-refractivity contribution in [3.63, 3.8) is 0 Å². The molecule has 2 aromatic heterocycles. The monoisotopic (exact) mass is 493 g/mol. The van der Waals surface area contributed by atoms with Gasteiger partial charge >= 0.3 is 0 Å². The van der Waals surface area contributed by atoms with Gasteiger partial charge in [-0.3, -0.25) is 0 Å². The maximum absolute atomic E-state index is 13.6. The summed E-state index contributed by atoms with van der Waals surface area (Å²) in [5.74, 6) is 0.555. The van der Waals surface area contributed by atoms with E-state index in [9.17, 15) is 12.8 Å². The summed E-state index contributed by atoms with van der Waals surface area (Å²) >= 11 is 0. The number of fused-ring (bicyclic) bond motifs is 2. The van der Waals surface area contributed by atoms with Crippen LogP contribution < -0.4 is 4.90 Å². The van der Waals surface area contributed by atoms with Gasteiger partial charge in [0.15, 0.2) is 0 Å². The van der Waals surface area contributed by atoms with Gasteiger partial charge < -0.3 is 4.90 Å². The van der Waals surface area contributed by atoms with Crippen LogP contribution in [-0.2, 0) is 16.4 Å². The van der Waals surface area contributed by atoms with Crippen LogP contribution in [0.25, 0.3) is 11.8 Å². The molecule has 4 heterocycles. The van der Waals surface area contributed by atoms with Crippen LogP contribution in [0.1, 0.15) is 37.4 Å². The lowest BCUT2D eigenvalue weighted by molar-refractivity contribution is 0.204. The van der Waals surface area contributed by atoms with Gasteiger partial charge in [0, 0.05) is 37.8 Å². The van der Waals surface area contributed by atoms with Crippen LogP contribution in [-0.4, -0.2) is 53.7 Å². The number of sulfonamides is 1. The van der Waals surface area contributed by atoms with Crippen molar-refractivity contribution >= 4 is 21.9 Å². The topological polar surface area (TPSA) is 71.3 Å². The van der Waals surface area contributed by atoms with E-state index in [1.165, 1.54) is 23.9 Å². The lowest BCUT2D eigenvalue weighted by atomic mass is 9.67. The number of hydrogen-bond acceptors (Lipinski definition) is 5. The first-order valence-corrected chi connectivity index (χ1v) is 13.6. The number of hydrogen-bond donors (Lipinski definition) is 0. The number of halogens is 1. The van der Waals surface area contributed by atoms with E-state index in [-0.39, 0.29) is 16.1 Å². The molecule has 0 saturated carbocycles. The molecule has 182 valence electrons. The van der Waals surface area contributed by atoms with E-state index in [2.05, 4.69) is 28.0 Å². The second-order valence-electron chi connectivity index (χ2n) is 9.70. The molecule has 0 spiro atoms. The molecule has 0 unspecified atom stereocenters. The molecule has 2 saturated heterocycles. The lowest BCUT2D eigenvalue weighted by Crippen LogP contribution is -2.49. The minimum atomic E-state index is -3.64. The van der Waals surface area contributed by atoms with Crippen molar-refractivity contribution < 1.29 is 12.8 Å². The standard InChI is InChI=1S/C26H28FN5O2S/c1-2-26-15-19-16-29-32(22-6-4-21(27)5-7-22)24(19)14-20(26)10-13-31(18-26)35(33,34)23-8-9-25(28-17-23)30-11-3-12-30/h4-9,14,16-17H,2-3,10-13,15,18H2,1H3/t26-/m1/s1. The maximum Gasteiger partial charge on any atom is 0.244 e. The summed E-state index contributed by atoms with van der Waals surface area (Å²) < 4.78 is 44.0. The first kappa shape index (κ1) is 22.4. The summed E-state index contributed by atoms with van der Waals surface area (Å²) in [5.41, 5.74) is 3.88. The Balaban J connectivity index is 1.28. The van der Waals surface area contributed by atoms with Crippen LogP contribution in [0.5, 0.6) is 0 Å². The van der Waals surface area contributed by atoms with E-state index < -0.39 is 10.0 Å². The summed E-state index contributed by atoms with van der Waals surface area (Å²) in [6.07, 6.45) is 8.90. The number of anilines is 1. The van der Waals surface area contributed by atoms with Crippen molar-refractivity contribution in [1.82, 2.24) is 19.1 Å². The van der Waals surface area contributed by atoms with Crippen LogP contribution >= 0.6 is 0 Å². The Morgan fingerprint density at radius 3 is 2.51 bits per heavy atom. The Bertz CT molecular complexity index is 1390. The summed E-state index contributed by atoms with van der Waals surface area (Å²) in [6, 6.07) is 9.81. The molecule has 0 amide bonds. The third-order valence-corrected chi connectivity index (χ3v) is 9.63. The summed E-state index contributed by atoms with van der Waals surface area (Å²) in [6.45, 7) is 4.94. The van der Waals surface area contributed by atoms with Gasteiger partial charge in [0.2, 0.25) is 10.0 Å². The van der Waals surface area contributed by atoms with Crippen LogP contribution in [0.2, 0.25) is 0 Å². The highest BCUT2D eigenvalue weighted by molar-refractivity contribution is 7.89. The van der Waals surface area contributed by atoms with Gasteiger partial charge in [-0.05, 0) is 73.7 Å². The molecule has 0 radical (unpaired) electrons. The number of aromatic nitrogens is 3. The Hall–Kier alpha value is -3.04. The molecule has 2 fully saturated rings. The molecule has 2 aliphatic heterocycles. The van der Waals surface area contributed by atoms with Crippen molar-refractivity contribution in [3.05, 3.63) is 71.4 Å². The second kappa shape index (κ2) is 8.27. The highest BCUT2D eigenvalue weighted by Crippen LogP contribution is 2.47. The second-order valence-corrected chi connectivity index (χ2v) is 11.6. The van der Waals surface area contributed by atoms with Gasteiger partial charge in [0.05, 0.1) is 17.6 Å². The van der Waals surface area contributed by atoms with Gasteiger partial charge in [0.25, 0.3) is 0 Å². The average Bonchev–Trinajstić information content (AvgIpc) is 3.24. The Morgan fingerprint density at radius 1 is 1.06 bits per heavy atom. The van der Waals surface area contributed by atoms with Gasteiger partial charge in [-0.2, -0.15) is 9.40 Å². The predicted octanol–water partition coefficient (Wildman–Crippen LogP) is 4.05. The maximum atomic E-state index is 13.6. The van der Waals surface area contributed by atoms with Gasteiger partial charge in [-0.1, -0.05) is 12.5 Å². The highest BCUT2D eigenvalue weighted by Gasteiger charge is 2.45. The van der Waals surface area contributed by atoms with E-state index in [4.69, 9.17) is 0 Å². The molecule has 1 aromatic carbocycles. The Morgan fingerprint density at radius 2 is 1.86 bits per heavy atom. The Labute approximate surface area is 204 Å². The molecule has 1 aliphatic carbocycles. The molecule has 7 nitrogen and oxygen atoms in total. The molecule has 1 atom stereocenters. The van der Waals surface area contributed by atoms with Crippen LogP contribution in [0.4, 0.5) is 10.2 Å². The zero-order valence-electron chi connectivity index (χ0n) is 19.7. The van der Waals surface area contributed by atoms with E-state index >= 15 is 0 Å². The van der Waals surface area contributed by atoms with Crippen molar-refractivity contribution in [2.24, 2.45) is 5.41 Å². The first-order chi connectivity index (χ1) is 16.9. The number of benzene rings is 1. The van der Waals surface area contributed by atoms with Crippen molar-refractivity contribution in [2.45, 2.75) is 37.5 Å². The van der Waals surface area contributed by atoms with E-state index in [0.29, 0.717) is 19.5 Å². The van der Waals surface area contributed by atoms with Crippen molar-refractivity contribution in [2.75, 3.05) is 31.1 Å². The van der Waals surface area contributed by atoms with Gasteiger partial charge in [0.1, 0.15) is 16.5 Å². The summed E-state index contributed by atoms with van der Waals surface area (Å²) in [4.78, 5) is 6.82. The number of nitrogens with zero attached hydrogens (tertiary/aromatic N) is 5. The summed E-state index contributed by atoms with van der Waals surface area (Å²) in [5, 5.41) is 4.58. The third-order valence-electron chi connectivity index (χ3n) is 7.80. The average molecular weight is 494 g/mol. The largest absolute Gasteiger partial charge is 0.356 e. The molecular weight excluding hydrogens is 465 g/mol. The number of rotatable bonds is 5. The highest BCUT2D eigenvalue weighted by atomic mass is 32.2. The normalized spacial score (nSPS) is 22.2. The van der Waals surface area contributed by atoms with E-state index in [1.807, 2.05) is 16.9 Å². The van der Waals surface area contributed by atoms with Crippen molar-refractivity contribution in [1.29, 1.82) is 0 Å². The minimum absolute atomic E-state index is 0.251. The lowest BCUT2D eigenvalue weighted by Gasteiger charge is -2.45. The molecule has 9 heteroatoms. The third kappa shape index (κ3) is 3.68. The smallest absolute Gasteiger partial charge is 0.244 e. The predicted molar refractivity (Wildman–Crippen MR) is 132 cm³/mol. The fourth-order valence-corrected chi connectivity index (χ4v) is 6.97. The minimum Gasteiger partial charge on any atom is -0.356 e.